The van der Waals surface area contributed by atoms with E-state index >= 15 is 0 Å². The van der Waals surface area contributed by atoms with Gasteiger partial charge in [0.25, 0.3) is 0 Å². The highest BCUT2D eigenvalue weighted by Gasteiger charge is 2.37. The first-order valence-electron chi connectivity index (χ1n) is 9.72. The summed E-state index contributed by atoms with van der Waals surface area (Å²) in [5.41, 5.74) is 2.17. The van der Waals surface area contributed by atoms with Crippen molar-refractivity contribution in [3.63, 3.8) is 0 Å². The van der Waals surface area contributed by atoms with Crippen molar-refractivity contribution in [2.75, 3.05) is 18.5 Å². The second-order valence-electron chi connectivity index (χ2n) is 8.71. The molecule has 2 aromatic rings. The lowest BCUT2D eigenvalue weighted by Crippen LogP contribution is -2.40. The third-order valence-electron chi connectivity index (χ3n) is 5.20. The maximum absolute atomic E-state index is 12.6. The SMILES string of the molecule is C[C@H](N[S+]([O-])C(C)(C)C)c1nc2c(N3CC(=O)N(C)C3=O)cc(C3CC3)cn2n1. The Hall–Kier alpha value is -2.17. The highest BCUT2D eigenvalue weighted by Crippen LogP contribution is 2.42. The normalized spacial score (nSPS) is 20.1. The number of aromatic nitrogens is 3. The quantitative estimate of drug-likeness (QED) is 0.589. The highest BCUT2D eigenvalue weighted by atomic mass is 32.2. The third-order valence-corrected chi connectivity index (χ3v) is 6.88. The molecular formula is C19H26N6O3S. The number of hydrogen-bond acceptors (Lipinski definition) is 6. The van der Waals surface area contributed by atoms with E-state index in [0.29, 0.717) is 23.1 Å². The minimum atomic E-state index is -1.27. The molecule has 9 nitrogen and oxygen atoms in total. The van der Waals surface area contributed by atoms with Gasteiger partial charge in [-0.05, 0) is 58.1 Å². The number of fused-ring (bicyclic) bond motifs is 1. The third kappa shape index (κ3) is 3.72. The standard InChI is InChI=1S/C19H26N6O3S/c1-11(22-29(28)19(2,3)4)16-20-17-14(24-10-15(26)23(5)18(24)27)8-13(12-6-7-12)9-25(17)21-16/h8-9,11-12,22H,6-7,10H2,1-5H3/t11-,29?/m0/s1. The molecule has 0 aromatic carbocycles. The molecule has 2 aromatic heterocycles. The predicted molar refractivity (Wildman–Crippen MR) is 110 cm³/mol. The van der Waals surface area contributed by atoms with Crippen molar-refractivity contribution in [3.8, 4) is 0 Å². The Balaban J connectivity index is 1.73. The summed E-state index contributed by atoms with van der Waals surface area (Å²) < 4.78 is 16.8. The lowest BCUT2D eigenvalue weighted by molar-refractivity contribution is -0.123. The Morgan fingerprint density at radius 2 is 2.00 bits per heavy atom. The number of anilines is 1. The topological polar surface area (TPSA) is 106 Å². The van der Waals surface area contributed by atoms with Crippen LogP contribution in [0.3, 0.4) is 0 Å². The largest absolute Gasteiger partial charge is 0.598 e. The Morgan fingerprint density at radius 1 is 1.31 bits per heavy atom. The van der Waals surface area contributed by atoms with Gasteiger partial charge in [-0.15, -0.1) is 9.82 Å². The first kappa shape index (κ1) is 20.1. The molecule has 1 saturated heterocycles. The van der Waals surface area contributed by atoms with Gasteiger partial charge in [0.1, 0.15) is 17.3 Å². The average Bonchev–Trinajstić information content (AvgIpc) is 3.36. The van der Waals surface area contributed by atoms with Gasteiger partial charge in [0.05, 0.1) is 5.69 Å². The second-order valence-corrected chi connectivity index (χ2v) is 10.7. The number of imide groups is 1. The summed E-state index contributed by atoms with van der Waals surface area (Å²) in [7, 11) is 1.48. The lowest BCUT2D eigenvalue weighted by Gasteiger charge is -2.25. The maximum atomic E-state index is 12.6. The maximum Gasteiger partial charge on any atom is 0.331 e. The molecule has 3 amide bonds. The fraction of sp³-hybridized carbons (Fsp3) is 0.579. The van der Waals surface area contributed by atoms with E-state index in [9.17, 15) is 14.1 Å². The molecule has 1 unspecified atom stereocenters. The monoisotopic (exact) mass is 418 g/mol. The molecule has 2 aliphatic rings. The number of likely N-dealkylation sites (N-methyl/N-ethyl adjacent to an activating group) is 1. The van der Waals surface area contributed by atoms with E-state index in [1.54, 1.807) is 4.52 Å². The fourth-order valence-electron chi connectivity index (χ4n) is 3.20. The van der Waals surface area contributed by atoms with Crippen LogP contribution in [0.15, 0.2) is 12.3 Å². The minimum Gasteiger partial charge on any atom is -0.598 e. The van der Waals surface area contributed by atoms with Crippen LogP contribution in [0.2, 0.25) is 0 Å². The van der Waals surface area contributed by atoms with Crippen LogP contribution in [0, 0.1) is 0 Å². The van der Waals surface area contributed by atoms with Crippen LogP contribution >= 0.6 is 0 Å². The Bertz CT molecular complexity index is 980. The number of carbonyl (C=O) groups excluding carboxylic acids is 2. The smallest absolute Gasteiger partial charge is 0.331 e. The van der Waals surface area contributed by atoms with Gasteiger partial charge in [-0.25, -0.2) is 14.3 Å². The molecule has 10 heteroatoms. The zero-order chi connectivity index (χ0) is 21.1. The molecule has 0 radical (unpaired) electrons. The van der Waals surface area contributed by atoms with Gasteiger partial charge in [0.15, 0.2) is 11.5 Å². The van der Waals surface area contributed by atoms with Gasteiger partial charge < -0.3 is 4.55 Å². The van der Waals surface area contributed by atoms with Crippen LogP contribution in [0.4, 0.5) is 10.5 Å². The first-order chi connectivity index (χ1) is 13.6. The minimum absolute atomic E-state index is 0.0108. The predicted octanol–water partition coefficient (Wildman–Crippen LogP) is 2.12. The van der Waals surface area contributed by atoms with E-state index < -0.39 is 16.1 Å². The first-order valence-corrected chi connectivity index (χ1v) is 10.9. The molecule has 1 aliphatic heterocycles. The highest BCUT2D eigenvalue weighted by molar-refractivity contribution is 7.90. The van der Waals surface area contributed by atoms with E-state index in [4.69, 9.17) is 0 Å². The summed E-state index contributed by atoms with van der Waals surface area (Å²) in [6.07, 6.45) is 4.14. The molecule has 156 valence electrons. The second kappa shape index (κ2) is 6.96. The number of nitrogens with one attached hydrogen (secondary N) is 1. The van der Waals surface area contributed by atoms with Crippen molar-refractivity contribution < 1.29 is 14.1 Å². The molecule has 0 spiro atoms. The summed E-state index contributed by atoms with van der Waals surface area (Å²) in [5, 5.41) is 4.59. The summed E-state index contributed by atoms with van der Waals surface area (Å²) in [6.45, 7) is 7.53. The number of urea groups is 1. The van der Waals surface area contributed by atoms with Crippen LogP contribution in [-0.2, 0) is 16.2 Å². The molecule has 0 bridgehead atoms. The summed E-state index contributed by atoms with van der Waals surface area (Å²) in [5.74, 6) is 0.685. The molecule has 4 rings (SSSR count). The Labute approximate surface area is 172 Å². The van der Waals surface area contributed by atoms with Gasteiger partial charge >= 0.3 is 6.03 Å². The summed E-state index contributed by atoms with van der Waals surface area (Å²) in [4.78, 5) is 31.8. The Morgan fingerprint density at radius 3 is 2.55 bits per heavy atom. The van der Waals surface area contributed by atoms with Gasteiger partial charge in [0, 0.05) is 24.6 Å². The molecule has 2 fully saturated rings. The van der Waals surface area contributed by atoms with E-state index in [2.05, 4.69) is 14.8 Å². The summed E-state index contributed by atoms with van der Waals surface area (Å²) >= 11 is -1.27. The van der Waals surface area contributed by atoms with E-state index in [0.717, 1.165) is 23.3 Å². The van der Waals surface area contributed by atoms with E-state index in [1.165, 1.54) is 11.9 Å². The Kier molecular flexibility index (Phi) is 4.83. The summed E-state index contributed by atoms with van der Waals surface area (Å²) in [6, 6.07) is 1.24. The van der Waals surface area contributed by atoms with E-state index in [-0.39, 0.29) is 24.5 Å². The number of rotatable bonds is 5. The zero-order valence-corrected chi connectivity index (χ0v) is 18.1. The van der Waals surface area contributed by atoms with Gasteiger partial charge in [-0.2, -0.15) is 0 Å². The van der Waals surface area contributed by atoms with Crippen molar-refractivity contribution >= 4 is 34.6 Å². The van der Waals surface area contributed by atoms with Crippen molar-refractivity contribution in [1.29, 1.82) is 0 Å². The van der Waals surface area contributed by atoms with Gasteiger partial charge in [-0.1, -0.05) is 0 Å². The van der Waals surface area contributed by atoms with Crippen LogP contribution in [0.5, 0.6) is 0 Å². The van der Waals surface area contributed by atoms with Crippen molar-refractivity contribution in [2.24, 2.45) is 0 Å². The van der Waals surface area contributed by atoms with Gasteiger partial charge in [-0.3, -0.25) is 14.6 Å². The molecule has 1 saturated carbocycles. The molecule has 1 N–H and O–H groups in total. The number of carbonyl (C=O) groups is 2. The number of pyridine rings is 1. The number of amides is 3. The molecule has 3 heterocycles. The zero-order valence-electron chi connectivity index (χ0n) is 17.3. The number of hydrogen-bond donors (Lipinski definition) is 1. The fourth-order valence-corrected chi connectivity index (χ4v) is 3.98. The van der Waals surface area contributed by atoms with Crippen LogP contribution in [-0.4, -0.2) is 54.3 Å². The molecule has 29 heavy (non-hydrogen) atoms. The molecule has 2 atom stereocenters. The molecular weight excluding hydrogens is 392 g/mol. The number of nitrogens with zero attached hydrogens (tertiary/aromatic N) is 5. The lowest BCUT2D eigenvalue weighted by atomic mass is 10.1. The van der Waals surface area contributed by atoms with Crippen molar-refractivity contribution in [2.45, 2.75) is 57.2 Å². The average molecular weight is 419 g/mol. The van der Waals surface area contributed by atoms with E-state index in [1.807, 2.05) is 40.0 Å². The van der Waals surface area contributed by atoms with Crippen LogP contribution in [0.25, 0.3) is 5.65 Å². The van der Waals surface area contributed by atoms with Crippen LogP contribution < -0.4 is 9.62 Å². The van der Waals surface area contributed by atoms with Crippen molar-refractivity contribution in [1.82, 2.24) is 24.2 Å². The van der Waals surface area contributed by atoms with Crippen LogP contribution in [0.1, 0.15) is 63.9 Å². The van der Waals surface area contributed by atoms with Crippen molar-refractivity contribution in [3.05, 3.63) is 23.7 Å². The van der Waals surface area contributed by atoms with Gasteiger partial charge in [0.2, 0.25) is 5.91 Å². The molecule has 1 aliphatic carbocycles.